The Morgan fingerprint density at radius 3 is 2.28 bits per heavy atom. The Balaban J connectivity index is 1.75. The second kappa shape index (κ2) is 9.79. The third-order valence-electron chi connectivity index (χ3n) is 5.47. The summed E-state index contributed by atoms with van der Waals surface area (Å²) in [6.45, 7) is 6.46. The van der Waals surface area contributed by atoms with Crippen LogP contribution in [0.25, 0.3) is 0 Å². The average molecular weight is 408 g/mol. The van der Waals surface area contributed by atoms with Gasteiger partial charge in [0.2, 0.25) is 11.6 Å². The lowest BCUT2D eigenvalue weighted by atomic mass is 9.97. The van der Waals surface area contributed by atoms with E-state index in [0.29, 0.717) is 76.9 Å². The molecule has 0 aromatic carbocycles. The fraction of sp³-hybridized carbons (Fsp3) is 0.722. The molecule has 0 radical (unpaired) electrons. The number of piperidine rings is 1. The van der Waals surface area contributed by atoms with Gasteiger partial charge >= 0.3 is 11.7 Å². The predicted octanol–water partition coefficient (Wildman–Crippen LogP) is 0.279. The molecule has 0 atom stereocenters. The van der Waals surface area contributed by atoms with Gasteiger partial charge in [-0.05, 0) is 19.8 Å². The Morgan fingerprint density at radius 1 is 1.17 bits per heavy atom. The number of aliphatic hydroxyl groups is 1. The second-order valence-electron chi connectivity index (χ2n) is 7.19. The quantitative estimate of drug-likeness (QED) is 0.382. The molecule has 3 heterocycles. The van der Waals surface area contributed by atoms with E-state index in [2.05, 4.69) is 14.9 Å². The van der Waals surface area contributed by atoms with Gasteiger partial charge in [-0.25, -0.2) is 9.97 Å². The summed E-state index contributed by atoms with van der Waals surface area (Å²) in [5.41, 5.74) is -0.0855. The maximum atomic E-state index is 11.9. The Kier molecular flexibility index (Phi) is 7.15. The fourth-order valence-electron chi connectivity index (χ4n) is 3.90. The lowest BCUT2D eigenvalue weighted by Crippen LogP contribution is -2.47. The molecule has 0 aliphatic carbocycles. The number of nitrogens with zero attached hydrogens (tertiary/aromatic N) is 6. The van der Waals surface area contributed by atoms with Crippen molar-refractivity contribution >= 4 is 23.3 Å². The number of hydrogen-bond donors (Lipinski definition) is 1. The Hall–Kier alpha value is -2.53. The smallest absolute Gasteiger partial charge is 0.353 e. The van der Waals surface area contributed by atoms with E-state index in [-0.39, 0.29) is 24.2 Å². The minimum atomic E-state index is -0.414. The second-order valence-corrected chi connectivity index (χ2v) is 7.19. The SMILES string of the molecule is CCOC(=O)C1CCN(c2ncnc(N3CCN(CCO)CC3)c2[N+](=O)[O-])CC1. The molecule has 0 saturated carbocycles. The molecule has 2 aliphatic heterocycles. The van der Waals surface area contributed by atoms with Crippen LogP contribution in [0.1, 0.15) is 19.8 Å². The normalized spacial score (nSPS) is 18.7. The number of anilines is 2. The van der Waals surface area contributed by atoms with Gasteiger partial charge < -0.3 is 19.6 Å². The number of rotatable bonds is 7. The zero-order valence-corrected chi connectivity index (χ0v) is 16.7. The first-order chi connectivity index (χ1) is 14.0. The maximum Gasteiger partial charge on any atom is 0.353 e. The molecule has 1 N–H and O–H groups in total. The van der Waals surface area contributed by atoms with Crippen molar-refractivity contribution in [3.8, 4) is 0 Å². The number of aliphatic hydroxyl groups excluding tert-OH is 1. The molecular formula is C18H28N6O5. The third kappa shape index (κ3) is 4.91. The molecule has 11 heteroatoms. The molecule has 2 saturated heterocycles. The van der Waals surface area contributed by atoms with Gasteiger partial charge in [-0.3, -0.25) is 19.8 Å². The minimum Gasteiger partial charge on any atom is -0.466 e. The van der Waals surface area contributed by atoms with Crippen molar-refractivity contribution in [1.82, 2.24) is 14.9 Å². The van der Waals surface area contributed by atoms with Crippen LogP contribution in [0.3, 0.4) is 0 Å². The fourth-order valence-corrected chi connectivity index (χ4v) is 3.90. The van der Waals surface area contributed by atoms with Gasteiger partial charge in [0.25, 0.3) is 0 Å². The molecule has 3 rings (SSSR count). The number of β-amino-alcohol motifs (C(OH)–C–C–N with tert-alkyl or cyclic N) is 1. The van der Waals surface area contributed by atoms with Crippen molar-refractivity contribution in [3.05, 3.63) is 16.4 Å². The Morgan fingerprint density at radius 2 is 1.76 bits per heavy atom. The molecule has 2 fully saturated rings. The largest absolute Gasteiger partial charge is 0.466 e. The zero-order valence-electron chi connectivity index (χ0n) is 16.7. The summed E-state index contributed by atoms with van der Waals surface area (Å²) in [7, 11) is 0. The highest BCUT2D eigenvalue weighted by atomic mass is 16.6. The molecule has 0 unspecified atom stereocenters. The van der Waals surface area contributed by atoms with Crippen molar-refractivity contribution in [2.75, 3.05) is 68.8 Å². The molecule has 1 aromatic heterocycles. The first-order valence-corrected chi connectivity index (χ1v) is 10.0. The van der Waals surface area contributed by atoms with Crippen molar-refractivity contribution in [1.29, 1.82) is 0 Å². The van der Waals surface area contributed by atoms with E-state index in [1.807, 2.05) is 9.80 Å². The van der Waals surface area contributed by atoms with Crippen LogP contribution >= 0.6 is 0 Å². The van der Waals surface area contributed by atoms with Gasteiger partial charge in [0.1, 0.15) is 6.33 Å². The van der Waals surface area contributed by atoms with Crippen LogP contribution < -0.4 is 9.80 Å². The van der Waals surface area contributed by atoms with E-state index in [4.69, 9.17) is 9.84 Å². The highest BCUT2D eigenvalue weighted by Gasteiger charge is 2.34. The summed E-state index contributed by atoms with van der Waals surface area (Å²) in [5.74, 6) is 0.258. The van der Waals surface area contributed by atoms with Crippen molar-refractivity contribution in [2.24, 2.45) is 5.92 Å². The summed E-state index contributed by atoms with van der Waals surface area (Å²) >= 11 is 0. The first kappa shape index (κ1) is 21.2. The van der Waals surface area contributed by atoms with Crippen molar-refractivity contribution in [3.63, 3.8) is 0 Å². The van der Waals surface area contributed by atoms with Crippen molar-refractivity contribution in [2.45, 2.75) is 19.8 Å². The van der Waals surface area contributed by atoms with Crippen LogP contribution in [0.4, 0.5) is 17.3 Å². The first-order valence-electron chi connectivity index (χ1n) is 10.0. The molecule has 29 heavy (non-hydrogen) atoms. The number of piperazine rings is 1. The van der Waals surface area contributed by atoms with Gasteiger partial charge in [0.15, 0.2) is 0 Å². The monoisotopic (exact) mass is 408 g/mol. The van der Waals surface area contributed by atoms with E-state index in [1.54, 1.807) is 6.92 Å². The van der Waals surface area contributed by atoms with E-state index >= 15 is 0 Å². The predicted molar refractivity (Wildman–Crippen MR) is 106 cm³/mol. The molecule has 160 valence electrons. The van der Waals surface area contributed by atoms with Gasteiger partial charge in [0, 0.05) is 45.8 Å². The lowest BCUT2D eigenvalue weighted by molar-refractivity contribution is -0.383. The van der Waals surface area contributed by atoms with Crippen molar-refractivity contribution < 1.29 is 19.6 Å². The number of carbonyl (C=O) groups is 1. The molecule has 1 aromatic rings. The molecule has 0 spiro atoms. The Labute approximate surface area is 169 Å². The zero-order chi connectivity index (χ0) is 20.8. The van der Waals surface area contributed by atoms with E-state index in [1.165, 1.54) is 6.33 Å². The standard InChI is InChI=1S/C18H28N6O5/c1-2-29-18(26)14-3-5-22(6-4-14)16-15(24(27)28)17(20-13-19-16)23-9-7-21(8-10-23)11-12-25/h13-14,25H,2-12H2,1H3. The van der Waals surface area contributed by atoms with E-state index in [9.17, 15) is 14.9 Å². The van der Waals surface area contributed by atoms with E-state index in [0.717, 1.165) is 0 Å². The third-order valence-corrected chi connectivity index (χ3v) is 5.47. The number of carbonyl (C=O) groups excluding carboxylic acids is 1. The molecule has 0 bridgehead atoms. The average Bonchev–Trinajstić information content (AvgIpc) is 2.74. The van der Waals surface area contributed by atoms with Crippen LogP contribution in [-0.4, -0.2) is 89.9 Å². The topological polar surface area (TPSA) is 125 Å². The maximum absolute atomic E-state index is 11.9. The highest BCUT2D eigenvalue weighted by molar-refractivity contribution is 5.74. The number of hydrogen-bond acceptors (Lipinski definition) is 10. The molecular weight excluding hydrogens is 380 g/mol. The Bertz CT molecular complexity index is 717. The number of ether oxygens (including phenoxy) is 1. The van der Waals surface area contributed by atoms with Gasteiger partial charge in [-0.2, -0.15) is 0 Å². The van der Waals surface area contributed by atoms with Gasteiger partial charge in [-0.1, -0.05) is 0 Å². The van der Waals surface area contributed by atoms with Crippen LogP contribution in [-0.2, 0) is 9.53 Å². The van der Waals surface area contributed by atoms with Crippen LogP contribution in [0.15, 0.2) is 6.33 Å². The van der Waals surface area contributed by atoms with Crippen LogP contribution in [0, 0.1) is 16.0 Å². The number of esters is 1. The molecule has 0 amide bonds. The number of nitro groups is 1. The lowest BCUT2D eigenvalue weighted by Gasteiger charge is -2.35. The van der Waals surface area contributed by atoms with Crippen LogP contribution in [0.5, 0.6) is 0 Å². The van der Waals surface area contributed by atoms with Gasteiger partial charge in [-0.15, -0.1) is 0 Å². The van der Waals surface area contributed by atoms with E-state index < -0.39 is 4.92 Å². The summed E-state index contributed by atoms with van der Waals surface area (Å²) in [4.78, 5) is 37.8. The summed E-state index contributed by atoms with van der Waals surface area (Å²) < 4.78 is 5.09. The molecule has 2 aliphatic rings. The van der Waals surface area contributed by atoms with Crippen LogP contribution in [0.2, 0.25) is 0 Å². The minimum absolute atomic E-state index is 0.0855. The highest BCUT2D eigenvalue weighted by Crippen LogP contribution is 2.36. The summed E-state index contributed by atoms with van der Waals surface area (Å²) in [6.07, 6.45) is 2.53. The summed E-state index contributed by atoms with van der Waals surface area (Å²) in [6, 6.07) is 0. The summed E-state index contributed by atoms with van der Waals surface area (Å²) in [5, 5.41) is 21.0. The number of aromatic nitrogens is 2. The van der Waals surface area contributed by atoms with Gasteiger partial charge in [0.05, 0.1) is 24.1 Å². The molecule has 11 nitrogen and oxygen atoms in total.